The number of carbonyl (C=O) groups excluding carboxylic acids is 2. The number of hydrogen-bond acceptors (Lipinski definition) is 8. The lowest BCUT2D eigenvalue weighted by atomic mass is 9.91. The van der Waals surface area contributed by atoms with Crippen molar-refractivity contribution in [2.75, 3.05) is 14.2 Å². The molecular weight excluding hydrogens is 500 g/mol. The van der Waals surface area contributed by atoms with Crippen LogP contribution in [0.3, 0.4) is 0 Å². The summed E-state index contributed by atoms with van der Waals surface area (Å²) in [7, 11) is 2.44. The van der Waals surface area contributed by atoms with E-state index in [0.717, 1.165) is 0 Å². The van der Waals surface area contributed by atoms with Crippen LogP contribution < -0.4 is 0 Å². The van der Waals surface area contributed by atoms with E-state index >= 15 is 0 Å². The van der Waals surface area contributed by atoms with Crippen LogP contribution in [0, 0.1) is 24.0 Å². The summed E-state index contributed by atoms with van der Waals surface area (Å²) >= 11 is 6.05. The molecule has 0 saturated heterocycles. The van der Waals surface area contributed by atoms with Gasteiger partial charge in [-0.05, 0) is 32.0 Å². The normalized spacial score (nSPS) is 10.7. The fraction of sp³-hybridized carbons (Fsp3) is 0.154. The molecule has 11 heteroatoms. The van der Waals surface area contributed by atoms with Gasteiger partial charge < -0.3 is 9.47 Å². The second-order valence-electron chi connectivity index (χ2n) is 7.99. The maximum absolute atomic E-state index is 13.0. The van der Waals surface area contributed by atoms with Gasteiger partial charge in [0.1, 0.15) is 10.7 Å². The van der Waals surface area contributed by atoms with E-state index in [0.29, 0.717) is 28.2 Å². The number of hydrogen-bond donors (Lipinski definition) is 0. The van der Waals surface area contributed by atoms with Crippen molar-refractivity contribution in [2.45, 2.75) is 13.8 Å². The molecule has 4 rings (SSSR count). The van der Waals surface area contributed by atoms with Gasteiger partial charge >= 0.3 is 11.9 Å². The number of rotatable bonds is 6. The van der Waals surface area contributed by atoms with Gasteiger partial charge in [-0.2, -0.15) is 5.10 Å². The highest BCUT2D eigenvalue weighted by molar-refractivity contribution is 6.32. The Hall–Kier alpha value is -4.57. The molecule has 0 unspecified atom stereocenters. The second kappa shape index (κ2) is 10.2. The third kappa shape index (κ3) is 4.66. The zero-order valence-corrected chi connectivity index (χ0v) is 21.1. The predicted octanol–water partition coefficient (Wildman–Crippen LogP) is 5.35. The fourth-order valence-corrected chi connectivity index (χ4v) is 4.29. The largest absolute Gasteiger partial charge is 0.465 e. The summed E-state index contributed by atoms with van der Waals surface area (Å²) in [5.41, 5.74) is 2.26. The van der Waals surface area contributed by atoms with E-state index in [1.54, 1.807) is 30.8 Å². The summed E-state index contributed by atoms with van der Waals surface area (Å²) in [6.45, 7) is 3.25. The number of aryl methyl sites for hydroxylation is 2. The van der Waals surface area contributed by atoms with Gasteiger partial charge in [0.05, 0.1) is 47.3 Å². The molecule has 0 atom stereocenters. The lowest BCUT2D eigenvalue weighted by molar-refractivity contribution is -0.384. The van der Waals surface area contributed by atoms with Gasteiger partial charge in [-0.25, -0.2) is 14.3 Å². The first-order valence-electron chi connectivity index (χ1n) is 11.0. The van der Waals surface area contributed by atoms with Crippen LogP contribution in [-0.4, -0.2) is 45.8 Å². The molecular formula is C26H21ClN4O6. The first-order valence-corrected chi connectivity index (χ1v) is 11.3. The van der Waals surface area contributed by atoms with Crippen LogP contribution in [-0.2, 0) is 9.47 Å². The van der Waals surface area contributed by atoms with Crippen molar-refractivity contribution in [3.63, 3.8) is 0 Å². The van der Waals surface area contributed by atoms with Gasteiger partial charge in [0, 0.05) is 29.0 Å². The van der Waals surface area contributed by atoms with E-state index in [4.69, 9.17) is 26.2 Å². The van der Waals surface area contributed by atoms with Crippen LogP contribution in [0.15, 0.2) is 54.7 Å². The van der Waals surface area contributed by atoms with Crippen molar-refractivity contribution >= 4 is 29.2 Å². The number of aromatic nitrogens is 3. The number of nitro groups is 1. The number of carbonyl (C=O) groups is 2. The molecule has 0 N–H and O–H groups in total. The minimum Gasteiger partial charge on any atom is -0.465 e. The Labute approximate surface area is 216 Å². The maximum atomic E-state index is 13.0. The molecule has 0 spiro atoms. The molecule has 2 aromatic heterocycles. The molecule has 0 fully saturated rings. The first-order chi connectivity index (χ1) is 17.7. The minimum atomic E-state index is -0.717. The predicted molar refractivity (Wildman–Crippen MR) is 136 cm³/mol. The Kier molecular flexibility index (Phi) is 7.03. The Morgan fingerprint density at radius 1 is 0.973 bits per heavy atom. The zero-order chi connectivity index (χ0) is 26.9. The third-order valence-electron chi connectivity index (χ3n) is 5.76. The van der Waals surface area contributed by atoms with Crippen molar-refractivity contribution < 1.29 is 24.0 Å². The van der Waals surface area contributed by atoms with E-state index in [1.807, 2.05) is 30.3 Å². The number of esters is 2. The Bertz CT molecular complexity index is 1510. The number of ether oxygens (including phenoxy) is 2. The van der Waals surface area contributed by atoms with Gasteiger partial charge in [0.15, 0.2) is 0 Å². The molecule has 0 aliphatic heterocycles. The molecule has 2 aromatic carbocycles. The number of para-hydroxylation sites is 1. The first kappa shape index (κ1) is 25.5. The van der Waals surface area contributed by atoms with E-state index < -0.39 is 16.9 Å². The number of nitro benzene ring substituents is 1. The van der Waals surface area contributed by atoms with Gasteiger partial charge in [-0.1, -0.05) is 35.9 Å². The summed E-state index contributed by atoms with van der Waals surface area (Å²) in [5, 5.41) is 16.3. The van der Waals surface area contributed by atoms with Crippen molar-refractivity contribution in [1.82, 2.24) is 14.8 Å². The van der Waals surface area contributed by atoms with Crippen LogP contribution in [0.1, 0.15) is 32.1 Å². The molecule has 2 heterocycles. The van der Waals surface area contributed by atoms with Crippen molar-refractivity contribution in [1.29, 1.82) is 0 Å². The molecule has 0 radical (unpaired) electrons. The van der Waals surface area contributed by atoms with Crippen LogP contribution in [0.4, 0.5) is 5.69 Å². The number of pyridine rings is 1. The molecule has 4 aromatic rings. The Morgan fingerprint density at radius 2 is 1.57 bits per heavy atom. The molecule has 0 aliphatic carbocycles. The zero-order valence-electron chi connectivity index (χ0n) is 20.3. The number of benzene rings is 2. The lowest BCUT2D eigenvalue weighted by Crippen LogP contribution is -2.16. The van der Waals surface area contributed by atoms with Gasteiger partial charge in [-0.3, -0.25) is 15.1 Å². The summed E-state index contributed by atoms with van der Waals surface area (Å²) in [6, 6.07) is 13.4. The summed E-state index contributed by atoms with van der Waals surface area (Å²) in [4.78, 5) is 41.3. The van der Waals surface area contributed by atoms with Crippen molar-refractivity contribution in [2.24, 2.45) is 0 Å². The smallest absolute Gasteiger partial charge is 0.340 e. The number of nitrogens with zero attached hydrogens (tertiary/aromatic N) is 4. The molecule has 10 nitrogen and oxygen atoms in total. The summed E-state index contributed by atoms with van der Waals surface area (Å²) in [5.74, 6) is -1.43. The van der Waals surface area contributed by atoms with Crippen LogP contribution >= 0.6 is 11.6 Å². The highest BCUT2D eigenvalue weighted by Gasteiger charge is 2.31. The van der Waals surface area contributed by atoms with Crippen LogP contribution in [0.25, 0.3) is 28.1 Å². The average Bonchev–Trinajstić information content (AvgIpc) is 3.33. The van der Waals surface area contributed by atoms with Crippen molar-refractivity contribution in [3.05, 3.63) is 92.4 Å². The topological polar surface area (TPSA) is 126 Å². The lowest BCUT2D eigenvalue weighted by Gasteiger charge is -2.16. The summed E-state index contributed by atoms with van der Waals surface area (Å²) in [6.07, 6.45) is 1.64. The third-order valence-corrected chi connectivity index (χ3v) is 6.08. The highest BCUT2D eigenvalue weighted by Crippen LogP contribution is 2.40. The van der Waals surface area contributed by atoms with Gasteiger partial charge in [0.2, 0.25) is 0 Å². The fourth-order valence-electron chi connectivity index (χ4n) is 4.11. The van der Waals surface area contributed by atoms with E-state index in [1.165, 1.54) is 26.4 Å². The quantitative estimate of drug-likeness (QED) is 0.189. The van der Waals surface area contributed by atoms with E-state index in [-0.39, 0.29) is 33.1 Å². The Balaban J connectivity index is 2.16. The number of methoxy groups -OCH3 is 2. The van der Waals surface area contributed by atoms with Gasteiger partial charge in [-0.15, -0.1) is 0 Å². The van der Waals surface area contributed by atoms with Crippen LogP contribution in [0.5, 0.6) is 0 Å². The Morgan fingerprint density at radius 3 is 2.11 bits per heavy atom. The molecule has 188 valence electrons. The van der Waals surface area contributed by atoms with Gasteiger partial charge in [0.25, 0.3) is 5.69 Å². The van der Waals surface area contributed by atoms with E-state index in [2.05, 4.69) is 4.98 Å². The standard InChI is InChI=1S/C26H21ClN4O6/c1-14-21(25(32)36-3)23(22(15(2)28-14)26(33)37-4)18-13-30(17-8-6-5-7-9-17)29-24(18)16-10-11-19(27)20(12-16)31(34)35/h5-13H,1-4H3. The second-order valence-corrected chi connectivity index (χ2v) is 8.39. The average molecular weight is 521 g/mol. The molecule has 0 amide bonds. The summed E-state index contributed by atoms with van der Waals surface area (Å²) < 4.78 is 11.6. The minimum absolute atomic E-state index is 0.0427. The number of halogens is 1. The molecule has 0 saturated carbocycles. The molecule has 0 bridgehead atoms. The molecule has 0 aliphatic rings. The monoisotopic (exact) mass is 520 g/mol. The maximum Gasteiger partial charge on any atom is 0.340 e. The van der Waals surface area contributed by atoms with E-state index in [9.17, 15) is 19.7 Å². The SMILES string of the molecule is COC(=O)c1c(C)nc(C)c(C(=O)OC)c1-c1cn(-c2ccccc2)nc1-c1ccc(Cl)c([N+](=O)[O-])c1. The van der Waals surface area contributed by atoms with Crippen LogP contribution in [0.2, 0.25) is 5.02 Å². The molecule has 37 heavy (non-hydrogen) atoms. The van der Waals surface area contributed by atoms with Crippen molar-refractivity contribution in [3.8, 4) is 28.1 Å². The highest BCUT2D eigenvalue weighted by atomic mass is 35.5.